The molecule has 27 heavy (non-hydrogen) atoms. The molecule has 0 bridgehead atoms. The lowest BCUT2D eigenvalue weighted by atomic mass is 10.2. The average Bonchev–Trinajstić information content (AvgIpc) is 3.08. The zero-order chi connectivity index (χ0) is 19.2. The van der Waals surface area contributed by atoms with Crippen LogP contribution in [0.15, 0.2) is 48.7 Å². The van der Waals surface area contributed by atoms with Crippen LogP contribution in [0, 0.1) is 0 Å². The van der Waals surface area contributed by atoms with Gasteiger partial charge in [0.2, 0.25) is 5.91 Å². The molecule has 3 rings (SSSR count). The van der Waals surface area contributed by atoms with Crippen LogP contribution in [-0.2, 0) is 4.79 Å². The smallest absolute Gasteiger partial charge is 0.244 e. The molecule has 2 aromatic heterocycles. The van der Waals surface area contributed by atoms with Gasteiger partial charge in [-0.15, -0.1) is 10.2 Å². The van der Waals surface area contributed by atoms with E-state index in [0.29, 0.717) is 15.9 Å². The second-order valence-corrected chi connectivity index (χ2v) is 7.66. The van der Waals surface area contributed by atoms with E-state index in [1.807, 2.05) is 35.1 Å². The summed E-state index contributed by atoms with van der Waals surface area (Å²) in [6.45, 7) is 0. The van der Waals surface area contributed by atoms with E-state index in [9.17, 15) is 4.79 Å². The van der Waals surface area contributed by atoms with Crippen LogP contribution in [0.3, 0.4) is 0 Å². The number of fused-ring (bicyclic) bond motifs is 1. The Kier molecular flexibility index (Phi) is 6.77. The number of halogens is 2. The standard InChI is InChI=1S/C19H18Cl2N4OS/c1-27-11-9-16(19-24-23-17-4-2-3-10-25(17)19)22-18(26)8-6-13-5-7-14(20)12-15(13)21/h2-8,10,12,16H,9,11H2,1H3,(H,22,26)/b8-6+/t16-/m1/s1. The minimum absolute atomic E-state index is 0.222. The fourth-order valence-corrected chi connectivity index (χ4v) is 3.56. The molecule has 0 spiro atoms. The van der Waals surface area contributed by atoms with Crippen LogP contribution < -0.4 is 5.32 Å². The molecule has 1 amide bonds. The van der Waals surface area contributed by atoms with Crippen molar-refractivity contribution in [2.45, 2.75) is 12.5 Å². The zero-order valence-electron chi connectivity index (χ0n) is 14.6. The molecule has 1 N–H and O–H groups in total. The number of amides is 1. The number of thioether (sulfide) groups is 1. The van der Waals surface area contributed by atoms with Gasteiger partial charge in [-0.3, -0.25) is 9.20 Å². The van der Waals surface area contributed by atoms with Crippen LogP contribution in [0.1, 0.15) is 23.9 Å². The van der Waals surface area contributed by atoms with Crippen LogP contribution in [-0.4, -0.2) is 32.5 Å². The lowest BCUT2D eigenvalue weighted by molar-refractivity contribution is -0.117. The van der Waals surface area contributed by atoms with Gasteiger partial charge < -0.3 is 5.32 Å². The lowest BCUT2D eigenvalue weighted by Crippen LogP contribution is -2.29. The molecule has 0 saturated heterocycles. The summed E-state index contributed by atoms with van der Waals surface area (Å²) in [4.78, 5) is 12.5. The fourth-order valence-electron chi connectivity index (χ4n) is 2.62. The van der Waals surface area contributed by atoms with Gasteiger partial charge in [0.15, 0.2) is 11.5 Å². The number of carbonyl (C=O) groups excluding carboxylic acids is 1. The van der Waals surface area contributed by atoms with Gasteiger partial charge in [-0.2, -0.15) is 11.8 Å². The predicted molar refractivity (Wildman–Crippen MR) is 112 cm³/mol. The third-order valence-corrected chi connectivity index (χ3v) is 5.16. The van der Waals surface area contributed by atoms with Crippen molar-refractivity contribution in [1.29, 1.82) is 0 Å². The average molecular weight is 421 g/mol. The van der Waals surface area contributed by atoms with E-state index >= 15 is 0 Å². The van der Waals surface area contributed by atoms with Gasteiger partial charge in [-0.25, -0.2) is 0 Å². The molecule has 5 nitrogen and oxygen atoms in total. The zero-order valence-corrected chi connectivity index (χ0v) is 16.9. The maximum absolute atomic E-state index is 12.5. The third-order valence-electron chi connectivity index (χ3n) is 3.96. The Bertz CT molecular complexity index is 973. The minimum Gasteiger partial charge on any atom is -0.342 e. The maximum atomic E-state index is 12.5. The molecular formula is C19H18Cl2N4OS. The van der Waals surface area contributed by atoms with Crippen LogP contribution in [0.2, 0.25) is 10.0 Å². The molecule has 2 heterocycles. The fraction of sp³-hybridized carbons (Fsp3) is 0.211. The van der Waals surface area contributed by atoms with Gasteiger partial charge in [-0.1, -0.05) is 35.3 Å². The molecule has 0 unspecified atom stereocenters. The molecule has 0 saturated carbocycles. The Morgan fingerprint density at radius 2 is 2.15 bits per heavy atom. The van der Waals surface area contributed by atoms with E-state index in [1.54, 1.807) is 36.0 Å². The summed E-state index contributed by atoms with van der Waals surface area (Å²) in [5.74, 6) is 1.38. The Morgan fingerprint density at radius 3 is 2.93 bits per heavy atom. The largest absolute Gasteiger partial charge is 0.342 e. The molecule has 1 atom stereocenters. The van der Waals surface area contributed by atoms with Crippen LogP contribution in [0.5, 0.6) is 0 Å². The van der Waals surface area contributed by atoms with Gasteiger partial charge in [-0.05, 0) is 54.3 Å². The summed E-state index contributed by atoms with van der Waals surface area (Å²) in [5, 5.41) is 12.5. The highest BCUT2D eigenvalue weighted by Crippen LogP contribution is 2.22. The van der Waals surface area contributed by atoms with Crippen LogP contribution in [0.25, 0.3) is 11.7 Å². The van der Waals surface area contributed by atoms with Crippen molar-refractivity contribution in [3.63, 3.8) is 0 Å². The minimum atomic E-state index is -0.243. The Labute approximate surface area is 171 Å². The van der Waals surface area contributed by atoms with Crippen molar-refractivity contribution >= 4 is 52.6 Å². The maximum Gasteiger partial charge on any atom is 0.244 e. The molecule has 0 aliphatic carbocycles. The van der Waals surface area contributed by atoms with E-state index in [0.717, 1.165) is 23.4 Å². The van der Waals surface area contributed by atoms with Gasteiger partial charge >= 0.3 is 0 Å². The van der Waals surface area contributed by atoms with Gasteiger partial charge in [0.05, 0.1) is 6.04 Å². The number of rotatable bonds is 7. The summed E-state index contributed by atoms with van der Waals surface area (Å²) < 4.78 is 1.89. The number of nitrogens with zero attached hydrogens (tertiary/aromatic N) is 3. The number of hydrogen-bond acceptors (Lipinski definition) is 4. The summed E-state index contributed by atoms with van der Waals surface area (Å²) in [6.07, 6.45) is 7.81. The number of aromatic nitrogens is 3. The number of nitrogens with one attached hydrogen (secondary N) is 1. The van der Waals surface area contributed by atoms with Crippen molar-refractivity contribution in [2.24, 2.45) is 0 Å². The van der Waals surface area contributed by atoms with Gasteiger partial charge in [0.25, 0.3) is 0 Å². The Morgan fingerprint density at radius 1 is 1.30 bits per heavy atom. The second-order valence-electron chi connectivity index (χ2n) is 5.83. The third kappa shape index (κ3) is 5.03. The SMILES string of the molecule is CSCC[C@@H](NC(=O)/C=C/c1ccc(Cl)cc1Cl)c1nnc2ccccn12. The van der Waals surface area contributed by atoms with E-state index in [-0.39, 0.29) is 11.9 Å². The highest BCUT2D eigenvalue weighted by atomic mass is 35.5. The summed E-state index contributed by atoms with van der Waals surface area (Å²) in [6, 6.07) is 10.6. The van der Waals surface area contributed by atoms with E-state index < -0.39 is 0 Å². The number of carbonyl (C=O) groups is 1. The quantitative estimate of drug-likeness (QED) is 0.564. The normalized spacial score (nSPS) is 12.6. The second kappa shape index (κ2) is 9.26. The van der Waals surface area contributed by atoms with Crippen LogP contribution in [0.4, 0.5) is 0 Å². The van der Waals surface area contributed by atoms with Crippen molar-refractivity contribution < 1.29 is 4.79 Å². The first-order valence-electron chi connectivity index (χ1n) is 8.30. The van der Waals surface area contributed by atoms with E-state index in [1.165, 1.54) is 6.08 Å². The highest BCUT2D eigenvalue weighted by molar-refractivity contribution is 7.98. The van der Waals surface area contributed by atoms with Crippen LogP contribution >= 0.6 is 35.0 Å². The Hall–Kier alpha value is -2.02. The molecule has 140 valence electrons. The topological polar surface area (TPSA) is 59.3 Å². The molecular weight excluding hydrogens is 403 g/mol. The molecule has 3 aromatic rings. The number of hydrogen-bond donors (Lipinski definition) is 1. The summed E-state index contributed by atoms with van der Waals surface area (Å²) in [5.41, 5.74) is 1.48. The number of pyridine rings is 1. The highest BCUT2D eigenvalue weighted by Gasteiger charge is 2.19. The number of benzene rings is 1. The molecule has 0 radical (unpaired) electrons. The van der Waals surface area contributed by atoms with E-state index in [2.05, 4.69) is 15.5 Å². The van der Waals surface area contributed by atoms with Crippen molar-refractivity contribution in [3.8, 4) is 0 Å². The van der Waals surface area contributed by atoms with Crippen molar-refractivity contribution in [3.05, 3.63) is 70.1 Å². The first-order valence-corrected chi connectivity index (χ1v) is 10.5. The lowest BCUT2D eigenvalue weighted by Gasteiger charge is -2.16. The first kappa shape index (κ1) is 19.7. The van der Waals surface area contributed by atoms with Crippen molar-refractivity contribution in [2.75, 3.05) is 12.0 Å². The molecule has 0 aliphatic rings. The molecule has 8 heteroatoms. The summed E-state index contributed by atoms with van der Waals surface area (Å²) in [7, 11) is 0. The Balaban J connectivity index is 1.77. The first-order chi connectivity index (χ1) is 13.1. The molecule has 1 aromatic carbocycles. The summed E-state index contributed by atoms with van der Waals surface area (Å²) >= 11 is 13.8. The van der Waals surface area contributed by atoms with Crippen molar-refractivity contribution in [1.82, 2.24) is 19.9 Å². The van der Waals surface area contributed by atoms with Gasteiger partial charge in [0.1, 0.15) is 0 Å². The van der Waals surface area contributed by atoms with Gasteiger partial charge in [0, 0.05) is 22.3 Å². The predicted octanol–water partition coefficient (Wildman–Crippen LogP) is 4.66. The van der Waals surface area contributed by atoms with E-state index in [4.69, 9.17) is 23.2 Å². The monoisotopic (exact) mass is 420 g/mol. The molecule has 0 aliphatic heterocycles. The molecule has 0 fully saturated rings.